The summed E-state index contributed by atoms with van der Waals surface area (Å²) < 4.78 is 78.1. The van der Waals surface area contributed by atoms with Gasteiger partial charge >= 0.3 is 12.4 Å². The minimum atomic E-state index is -4.52. The normalized spacial score (nSPS) is 13.0. The molecular formula is C29H14F6N2O. The molecule has 38 heavy (non-hydrogen) atoms. The molecule has 0 amide bonds. The van der Waals surface area contributed by atoms with Crippen LogP contribution in [0.15, 0.2) is 72.8 Å². The van der Waals surface area contributed by atoms with Gasteiger partial charge in [0.05, 0.1) is 34.4 Å². The minimum Gasteiger partial charge on any atom is -0.384 e. The van der Waals surface area contributed by atoms with Gasteiger partial charge in [-0.2, -0.15) is 36.9 Å². The Hall–Kier alpha value is -4.60. The fraction of sp³-hybridized carbons (Fsp3) is 0.103. The summed E-state index contributed by atoms with van der Waals surface area (Å²) in [6.07, 6.45) is -10.2. The van der Waals surface area contributed by atoms with Gasteiger partial charge < -0.3 is 5.11 Å². The van der Waals surface area contributed by atoms with E-state index in [1.807, 2.05) is 12.1 Å². The number of hydrogen-bond donors (Lipinski definition) is 1. The second-order valence-corrected chi connectivity index (χ2v) is 8.75. The van der Waals surface area contributed by atoms with Gasteiger partial charge in [-0.3, -0.25) is 0 Å². The third kappa shape index (κ3) is 4.17. The van der Waals surface area contributed by atoms with E-state index in [1.54, 1.807) is 12.1 Å². The molecule has 0 atom stereocenters. The number of hydrogen-bond acceptors (Lipinski definition) is 3. The lowest BCUT2D eigenvalue weighted by Gasteiger charge is -2.12. The van der Waals surface area contributed by atoms with Crippen molar-refractivity contribution in [2.45, 2.75) is 18.5 Å². The fourth-order valence-electron chi connectivity index (χ4n) is 4.66. The highest BCUT2D eigenvalue weighted by Crippen LogP contribution is 2.48. The molecular weight excluding hydrogens is 506 g/mol. The Balaban J connectivity index is 1.66. The lowest BCUT2D eigenvalue weighted by molar-refractivity contribution is -0.138. The molecule has 0 aliphatic heterocycles. The number of benzene rings is 4. The third-order valence-corrected chi connectivity index (χ3v) is 6.55. The number of halogens is 6. The van der Waals surface area contributed by atoms with Crippen LogP contribution in [0.3, 0.4) is 0 Å². The Kier molecular flexibility index (Phi) is 5.78. The summed E-state index contributed by atoms with van der Waals surface area (Å²) in [6.45, 7) is 0. The number of fused-ring (bicyclic) bond motifs is 3. The maximum atomic E-state index is 13.0. The summed E-state index contributed by atoms with van der Waals surface area (Å²) in [7, 11) is 0. The molecule has 3 nitrogen and oxygen atoms in total. The zero-order chi connectivity index (χ0) is 27.4. The number of nitrogens with zero attached hydrogens (tertiary/aromatic N) is 2. The molecule has 1 aliphatic rings. The number of nitriles is 2. The zero-order valence-electron chi connectivity index (χ0n) is 19.1. The topological polar surface area (TPSA) is 67.8 Å². The van der Waals surface area contributed by atoms with Crippen LogP contribution in [0.4, 0.5) is 26.3 Å². The molecule has 0 saturated heterocycles. The van der Waals surface area contributed by atoms with Crippen LogP contribution < -0.4 is 0 Å². The van der Waals surface area contributed by atoms with E-state index in [0.29, 0.717) is 44.5 Å². The average Bonchev–Trinajstić information content (AvgIpc) is 3.16. The first-order valence-corrected chi connectivity index (χ1v) is 11.1. The van der Waals surface area contributed by atoms with E-state index in [9.17, 15) is 42.0 Å². The van der Waals surface area contributed by atoms with Crippen LogP contribution in [0.25, 0.3) is 33.4 Å². The maximum Gasteiger partial charge on any atom is 0.416 e. The lowest BCUT2D eigenvalue weighted by atomic mass is 9.91. The first-order chi connectivity index (χ1) is 17.9. The van der Waals surface area contributed by atoms with Crippen LogP contribution >= 0.6 is 0 Å². The maximum absolute atomic E-state index is 13.0. The van der Waals surface area contributed by atoms with Crippen molar-refractivity contribution >= 4 is 0 Å². The van der Waals surface area contributed by atoms with Crippen LogP contribution in [0.5, 0.6) is 0 Å². The molecule has 5 rings (SSSR count). The molecule has 9 heteroatoms. The molecule has 0 saturated carbocycles. The Bertz CT molecular complexity index is 1530. The van der Waals surface area contributed by atoms with Crippen molar-refractivity contribution in [1.29, 1.82) is 10.5 Å². The van der Waals surface area contributed by atoms with Gasteiger partial charge in [0.15, 0.2) is 0 Å². The Morgan fingerprint density at radius 2 is 0.895 bits per heavy atom. The highest BCUT2D eigenvalue weighted by atomic mass is 19.4. The van der Waals surface area contributed by atoms with Crippen molar-refractivity contribution < 1.29 is 31.4 Å². The van der Waals surface area contributed by atoms with E-state index < -0.39 is 29.6 Å². The smallest absolute Gasteiger partial charge is 0.384 e. The first-order valence-electron chi connectivity index (χ1n) is 11.1. The van der Waals surface area contributed by atoms with Crippen molar-refractivity contribution in [3.63, 3.8) is 0 Å². The highest BCUT2D eigenvalue weighted by molar-refractivity contribution is 5.89. The van der Waals surface area contributed by atoms with E-state index in [-0.39, 0.29) is 11.1 Å². The van der Waals surface area contributed by atoms with Crippen LogP contribution in [0, 0.1) is 22.7 Å². The Morgan fingerprint density at radius 3 is 1.18 bits per heavy atom. The first kappa shape index (κ1) is 25.1. The molecule has 188 valence electrons. The predicted molar refractivity (Wildman–Crippen MR) is 126 cm³/mol. The van der Waals surface area contributed by atoms with Crippen molar-refractivity contribution in [3.8, 4) is 45.5 Å². The van der Waals surface area contributed by atoms with Gasteiger partial charge in [0.1, 0.15) is 6.10 Å². The van der Waals surface area contributed by atoms with Crippen molar-refractivity contribution in [2.24, 2.45) is 0 Å². The van der Waals surface area contributed by atoms with E-state index in [0.717, 1.165) is 24.3 Å². The molecule has 0 bridgehead atoms. The molecule has 1 aliphatic carbocycles. The lowest BCUT2D eigenvalue weighted by Crippen LogP contribution is -2.04. The van der Waals surface area contributed by atoms with Crippen LogP contribution in [0.1, 0.15) is 39.5 Å². The number of aliphatic hydroxyl groups is 1. The largest absolute Gasteiger partial charge is 0.416 e. The monoisotopic (exact) mass is 520 g/mol. The van der Waals surface area contributed by atoms with Gasteiger partial charge in [0, 0.05) is 11.1 Å². The van der Waals surface area contributed by atoms with Gasteiger partial charge in [0.2, 0.25) is 0 Å². The third-order valence-electron chi connectivity index (χ3n) is 6.55. The molecule has 0 unspecified atom stereocenters. The Labute approximate surface area is 212 Å². The van der Waals surface area contributed by atoms with E-state index in [1.165, 1.54) is 36.4 Å². The molecule has 4 aromatic carbocycles. The molecule has 1 N–H and O–H groups in total. The van der Waals surface area contributed by atoms with Crippen molar-refractivity contribution in [3.05, 3.63) is 106 Å². The summed E-state index contributed by atoms with van der Waals surface area (Å²) in [6, 6.07) is 18.8. The van der Waals surface area contributed by atoms with Crippen molar-refractivity contribution in [2.75, 3.05) is 0 Å². The summed E-state index contributed by atoms with van der Waals surface area (Å²) >= 11 is 0. The summed E-state index contributed by atoms with van der Waals surface area (Å²) in [5, 5.41) is 30.4. The average molecular weight is 520 g/mol. The summed E-state index contributed by atoms with van der Waals surface area (Å²) in [5.74, 6) is 0. The van der Waals surface area contributed by atoms with Crippen LogP contribution in [0.2, 0.25) is 0 Å². The quantitative estimate of drug-likeness (QED) is 0.274. The standard InChI is InChI=1S/C29H14F6N2O/c30-28(31,32)19-5-1-15(2-6-19)21-11-23-24-12-22(16-3-7-20(8-4-16)29(33,34)35)18(14-37)10-26(24)27(38)25(23)9-17(21)13-36/h1-12,27,38H. The molecule has 0 heterocycles. The fourth-order valence-corrected chi connectivity index (χ4v) is 4.66. The predicted octanol–water partition coefficient (Wildman–Crippen LogP) is 7.86. The molecule has 0 fully saturated rings. The van der Waals surface area contributed by atoms with Gasteiger partial charge in [-0.05, 0) is 81.9 Å². The Morgan fingerprint density at radius 1 is 0.553 bits per heavy atom. The molecule has 0 radical (unpaired) electrons. The van der Waals surface area contributed by atoms with Crippen LogP contribution in [-0.4, -0.2) is 5.11 Å². The van der Waals surface area contributed by atoms with Gasteiger partial charge in [-0.25, -0.2) is 0 Å². The molecule has 0 spiro atoms. The van der Waals surface area contributed by atoms with Crippen molar-refractivity contribution in [1.82, 2.24) is 0 Å². The zero-order valence-corrected chi connectivity index (χ0v) is 19.1. The van der Waals surface area contributed by atoms with Gasteiger partial charge in [-0.15, -0.1) is 0 Å². The number of aliphatic hydroxyl groups excluding tert-OH is 1. The number of rotatable bonds is 2. The number of alkyl halides is 6. The van der Waals surface area contributed by atoms with E-state index >= 15 is 0 Å². The second kappa shape index (κ2) is 8.76. The van der Waals surface area contributed by atoms with Crippen LogP contribution in [-0.2, 0) is 12.4 Å². The van der Waals surface area contributed by atoms with Gasteiger partial charge in [-0.1, -0.05) is 24.3 Å². The minimum absolute atomic E-state index is 0.138. The SMILES string of the molecule is N#Cc1cc2c(cc1-c1ccc(C(F)(F)F)cc1)-c1cc(-c3ccc(C(F)(F)F)cc3)c(C#N)cc1C2O. The second-order valence-electron chi connectivity index (χ2n) is 8.75. The van der Waals surface area contributed by atoms with Gasteiger partial charge in [0.25, 0.3) is 0 Å². The van der Waals surface area contributed by atoms with E-state index in [4.69, 9.17) is 0 Å². The van der Waals surface area contributed by atoms with E-state index in [2.05, 4.69) is 0 Å². The summed E-state index contributed by atoms with van der Waals surface area (Å²) in [4.78, 5) is 0. The molecule has 4 aromatic rings. The summed E-state index contributed by atoms with van der Waals surface area (Å²) in [5.41, 5.74) is 1.76. The highest BCUT2D eigenvalue weighted by Gasteiger charge is 2.33. The molecule has 0 aromatic heterocycles.